The fourth-order valence-corrected chi connectivity index (χ4v) is 3.03. The molecule has 1 N–H and O–H groups in total. The summed E-state index contributed by atoms with van der Waals surface area (Å²) in [4.78, 5) is 1.13. The molecule has 3 aromatic carbocycles. The lowest BCUT2D eigenvalue weighted by Crippen LogP contribution is -2.04. The highest BCUT2D eigenvalue weighted by atomic mass is 32.1. The molecule has 9 heteroatoms. The van der Waals surface area contributed by atoms with Crippen LogP contribution in [-0.4, -0.2) is 32.5 Å². The van der Waals surface area contributed by atoms with Gasteiger partial charge in [-0.1, -0.05) is 12.1 Å². The number of rotatable bonds is 4. The van der Waals surface area contributed by atoms with E-state index in [2.05, 4.69) is 22.8 Å². The number of phenolic OH excluding ortho intramolecular Hbond substituents is 1. The summed E-state index contributed by atoms with van der Waals surface area (Å²) in [6.07, 6.45) is -4.47. The van der Waals surface area contributed by atoms with E-state index >= 15 is 0 Å². The van der Waals surface area contributed by atoms with E-state index in [4.69, 9.17) is 4.74 Å². The van der Waals surface area contributed by atoms with Crippen LogP contribution in [0, 0.1) is 0 Å². The van der Waals surface area contributed by atoms with E-state index in [-0.39, 0.29) is 17.0 Å². The highest BCUT2D eigenvalue weighted by Crippen LogP contribution is 2.36. The largest absolute Gasteiger partial charge is 0.505 e. The van der Waals surface area contributed by atoms with Gasteiger partial charge in [-0.25, -0.2) is 0 Å². The number of alkyl halides is 3. The van der Waals surface area contributed by atoms with Crippen molar-refractivity contribution < 1.29 is 23.0 Å². The van der Waals surface area contributed by atoms with Crippen molar-refractivity contribution in [3.63, 3.8) is 0 Å². The lowest BCUT2D eigenvalue weighted by Gasteiger charge is -2.11. The highest BCUT2D eigenvalue weighted by Gasteiger charge is 2.31. The number of thiol groups is 1. The fraction of sp³-hybridized carbons (Fsp3) is 0.158. The monoisotopic (exact) mass is 405 g/mol. The Morgan fingerprint density at radius 1 is 1.00 bits per heavy atom. The lowest BCUT2D eigenvalue weighted by molar-refractivity contribution is -0.137. The van der Waals surface area contributed by atoms with Crippen molar-refractivity contribution in [1.29, 1.82) is 0 Å². The average molecular weight is 405 g/mol. The molecule has 144 valence electrons. The summed E-state index contributed by atoms with van der Waals surface area (Å²) < 4.78 is 44.3. The molecule has 28 heavy (non-hydrogen) atoms. The molecule has 0 radical (unpaired) electrons. The number of benzene rings is 3. The second kappa shape index (κ2) is 6.90. The van der Waals surface area contributed by atoms with Crippen LogP contribution in [0.5, 0.6) is 11.5 Å². The molecule has 0 spiro atoms. The third kappa shape index (κ3) is 3.22. The van der Waals surface area contributed by atoms with Gasteiger partial charge in [0.05, 0.1) is 12.2 Å². The number of phenols is 1. The van der Waals surface area contributed by atoms with Crippen LogP contribution in [0.3, 0.4) is 0 Å². The number of hydrogen-bond donors (Lipinski definition) is 2. The molecular weight excluding hydrogens is 391 g/mol. The van der Waals surface area contributed by atoms with Gasteiger partial charge in [0, 0.05) is 16.5 Å². The van der Waals surface area contributed by atoms with E-state index in [0.29, 0.717) is 34.4 Å². The second-order valence-electron chi connectivity index (χ2n) is 6.05. The van der Waals surface area contributed by atoms with E-state index in [9.17, 15) is 18.3 Å². The number of nitrogens with zero attached hydrogens (tertiary/aromatic N) is 3. The molecule has 0 aliphatic rings. The van der Waals surface area contributed by atoms with Crippen molar-refractivity contribution in [3.05, 3.63) is 54.1 Å². The molecule has 4 rings (SSSR count). The molecule has 5 nitrogen and oxygen atoms in total. The van der Waals surface area contributed by atoms with E-state index in [0.717, 1.165) is 16.9 Å². The van der Waals surface area contributed by atoms with Crippen molar-refractivity contribution >= 4 is 34.4 Å². The number of aromatic hydroxyl groups is 1. The van der Waals surface area contributed by atoms with Gasteiger partial charge in [0.2, 0.25) is 0 Å². The molecule has 1 heterocycles. The standard InChI is InChI=1S/C19H14F3N3O2S/c20-19(21,22)11-4-6-14-15(10-11)24-25(23-14)16-7-5-12-13(18(16)26)2-1-3-17(12)27-8-9-28/h1-7,10,26,28H,8-9H2. The highest BCUT2D eigenvalue weighted by molar-refractivity contribution is 7.80. The molecule has 4 aromatic rings. The van der Waals surface area contributed by atoms with Crippen LogP contribution in [0.4, 0.5) is 13.2 Å². The average Bonchev–Trinajstić information content (AvgIpc) is 3.09. The second-order valence-corrected chi connectivity index (χ2v) is 6.49. The Morgan fingerprint density at radius 2 is 1.79 bits per heavy atom. The maximum atomic E-state index is 12.9. The minimum Gasteiger partial charge on any atom is -0.505 e. The number of aromatic nitrogens is 3. The van der Waals surface area contributed by atoms with Gasteiger partial charge in [-0.3, -0.25) is 0 Å². The maximum Gasteiger partial charge on any atom is 0.416 e. The van der Waals surface area contributed by atoms with Crippen LogP contribution in [0.25, 0.3) is 27.5 Å². The summed E-state index contributed by atoms with van der Waals surface area (Å²) in [5, 5.41) is 20.2. The van der Waals surface area contributed by atoms with Gasteiger partial charge in [0.1, 0.15) is 22.5 Å². The minimum absolute atomic E-state index is 0.0835. The van der Waals surface area contributed by atoms with Crippen molar-refractivity contribution in [2.45, 2.75) is 6.18 Å². The molecule has 0 bridgehead atoms. The summed E-state index contributed by atoms with van der Waals surface area (Å²) in [5.74, 6) is 1.05. The van der Waals surface area contributed by atoms with Gasteiger partial charge in [0.25, 0.3) is 0 Å². The normalized spacial score (nSPS) is 12.0. The summed E-state index contributed by atoms with van der Waals surface area (Å²) in [6, 6.07) is 11.7. The summed E-state index contributed by atoms with van der Waals surface area (Å²) in [6.45, 7) is 0.415. The third-order valence-corrected chi connectivity index (χ3v) is 4.43. The van der Waals surface area contributed by atoms with E-state index in [1.54, 1.807) is 30.3 Å². The van der Waals surface area contributed by atoms with Crippen LogP contribution >= 0.6 is 12.6 Å². The van der Waals surface area contributed by atoms with Crippen molar-refractivity contribution in [1.82, 2.24) is 15.0 Å². The number of halogens is 3. The topological polar surface area (TPSA) is 60.2 Å². The molecule has 0 aliphatic heterocycles. The Morgan fingerprint density at radius 3 is 2.54 bits per heavy atom. The molecule has 0 atom stereocenters. The fourth-order valence-electron chi connectivity index (χ4n) is 2.94. The smallest absolute Gasteiger partial charge is 0.416 e. The van der Waals surface area contributed by atoms with Gasteiger partial charge in [-0.2, -0.15) is 25.8 Å². The van der Waals surface area contributed by atoms with Gasteiger partial charge < -0.3 is 9.84 Å². The quantitative estimate of drug-likeness (QED) is 0.487. The van der Waals surface area contributed by atoms with Crippen molar-refractivity contribution in [2.24, 2.45) is 0 Å². The third-order valence-electron chi connectivity index (χ3n) is 4.24. The predicted octanol–water partition coefficient (Wildman–Crippen LogP) is 4.61. The van der Waals surface area contributed by atoms with Crippen molar-refractivity contribution in [2.75, 3.05) is 12.4 Å². The van der Waals surface area contributed by atoms with Gasteiger partial charge >= 0.3 is 6.18 Å². The Labute approximate surface area is 162 Å². The molecule has 0 aliphatic carbocycles. The van der Waals surface area contributed by atoms with Gasteiger partial charge in [-0.05, 0) is 36.4 Å². The zero-order valence-corrected chi connectivity index (χ0v) is 15.2. The van der Waals surface area contributed by atoms with Crippen LogP contribution in [0.1, 0.15) is 5.56 Å². The molecular formula is C19H14F3N3O2S. The molecule has 0 amide bonds. The first-order valence-corrected chi connectivity index (χ1v) is 8.95. The molecule has 0 unspecified atom stereocenters. The minimum atomic E-state index is -4.47. The Kier molecular flexibility index (Phi) is 4.54. The Balaban J connectivity index is 1.81. The molecule has 1 aromatic heterocycles. The number of ether oxygens (including phenoxy) is 1. The van der Waals surface area contributed by atoms with Gasteiger partial charge in [-0.15, -0.1) is 15.0 Å². The van der Waals surface area contributed by atoms with Crippen LogP contribution in [-0.2, 0) is 6.18 Å². The zero-order valence-electron chi connectivity index (χ0n) is 14.3. The predicted molar refractivity (Wildman–Crippen MR) is 102 cm³/mol. The van der Waals surface area contributed by atoms with Crippen molar-refractivity contribution in [3.8, 4) is 17.2 Å². The van der Waals surface area contributed by atoms with E-state index in [1.165, 1.54) is 6.07 Å². The SMILES string of the molecule is Oc1c(-n2nc3ccc(C(F)(F)F)cc3n2)ccc2c(OCCS)cccc12. The first-order chi connectivity index (χ1) is 13.4. The van der Waals surface area contributed by atoms with E-state index in [1.807, 2.05) is 0 Å². The summed E-state index contributed by atoms with van der Waals surface area (Å²) in [7, 11) is 0. The zero-order chi connectivity index (χ0) is 19.9. The van der Waals surface area contributed by atoms with Gasteiger partial charge in [0.15, 0.2) is 5.75 Å². The summed E-state index contributed by atoms with van der Waals surface area (Å²) in [5.41, 5.74) is -0.178. The summed E-state index contributed by atoms with van der Waals surface area (Å²) >= 11 is 4.11. The Hall–Kier alpha value is -2.94. The molecule has 0 fully saturated rings. The maximum absolute atomic E-state index is 12.9. The van der Waals surface area contributed by atoms with Crippen LogP contribution < -0.4 is 4.74 Å². The molecule has 0 saturated heterocycles. The Bertz CT molecular complexity index is 1170. The molecule has 0 saturated carbocycles. The first kappa shape index (κ1) is 18.4. The number of fused-ring (bicyclic) bond motifs is 2. The van der Waals surface area contributed by atoms with E-state index < -0.39 is 11.7 Å². The van der Waals surface area contributed by atoms with Crippen LogP contribution in [0.15, 0.2) is 48.5 Å². The first-order valence-electron chi connectivity index (χ1n) is 8.31. The van der Waals surface area contributed by atoms with Crippen LogP contribution in [0.2, 0.25) is 0 Å². The lowest BCUT2D eigenvalue weighted by atomic mass is 10.1. The number of hydrogen-bond acceptors (Lipinski definition) is 5.